The number of hydrogen-bond acceptors (Lipinski definition) is 4. The van der Waals surface area contributed by atoms with Crippen LogP contribution in [-0.4, -0.2) is 44.6 Å². The van der Waals surface area contributed by atoms with E-state index in [0.29, 0.717) is 36.2 Å². The van der Waals surface area contributed by atoms with Crippen molar-refractivity contribution in [1.82, 2.24) is 9.62 Å². The molecule has 22 heavy (non-hydrogen) atoms. The molecule has 2 N–H and O–H groups in total. The molecular formula is C14H23N3O3S2. The number of hydrogen-bond donors (Lipinski definition) is 2. The monoisotopic (exact) mass is 345 g/mol. The van der Waals surface area contributed by atoms with Gasteiger partial charge in [0.1, 0.15) is 5.75 Å². The van der Waals surface area contributed by atoms with E-state index < -0.39 is 10.0 Å². The lowest BCUT2D eigenvalue weighted by molar-refractivity contribution is 0.416. The molecule has 0 bridgehead atoms. The van der Waals surface area contributed by atoms with Crippen molar-refractivity contribution in [3.05, 3.63) is 18.2 Å². The van der Waals surface area contributed by atoms with E-state index in [2.05, 4.69) is 10.6 Å². The SMILES string of the molecule is CCNC(=S)Nc1cc(S(=O)(=O)N(CC)CC)ccc1OC. The second-order valence-electron chi connectivity index (χ2n) is 4.44. The fourth-order valence-electron chi connectivity index (χ4n) is 1.98. The highest BCUT2D eigenvalue weighted by atomic mass is 32.2. The molecule has 1 rings (SSSR count). The minimum atomic E-state index is -3.52. The number of anilines is 1. The Kier molecular flexibility index (Phi) is 7.05. The predicted molar refractivity (Wildman–Crippen MR) is 93.0 cm³/mol. The minimum Gasteiger partial charge on any atom is -0.495 e. The molecule has 1 aromatic carbocycles. The van der Waals surface area contributed by atoms with Gasteiger partial charge in [0.15, 0.2) is 5.11 Å². The largest absolute Gasteiger partial charge is 0.495 e. The minimum absolute atomic E-state index is 0.207. The van der Waals surface area contributed by atoms with Crippen LogP contribution in [0.5, 0.6) is 5.75 Å². The van der Waals surface area contributed by atoms with Crippen molar-refractivity contribution < 1.29 is 13.2 Å². The molecule has 0 atom stereocenters. The Balaban J connectivity index is 3.22. The van der Waals surface area contributed by atoms with Crippen molar-refractivity contribution in [3.8, 4) is 5.75 Å². The first-order valence-electron chi connectivity index (χ1n) is 7.13. The van der Waals surface area contributed by atoms with E-state index in [1.807, 2.05) is 20.8 Å². The Bertz CT molecular complexity index is 614. The average molecular weight is 345 g/mol. The number of nitrogens with zero attached hydrogens (tertiary/aromatic N) is 1. The topological polar surface area (TPSA) is 70.7 Å². The molecule has 0 saturated carbocycles. The zero-order chi connectivity index (χ0) is 16.8. The van der Waals surface area contributed by atoms with Crippen LogP contribution in [0, 0.1) is 0 Å². The Labute approximate surface area is 137 Å². The van der Waals surface area contributed by atoms with Gasteiger partial charge in [0.2, 0.25) is 10.0 Å². The van der Waals surface area contributed by atoms with Crippen LogP contribution in [0.2, 0.25) is 0 Å². The lowest BCUT2D eigenvalue weighted by Crippen LogP contribution is -2.31. The summed E-state index contributed by atoms with van der Waals surface area (Å²) in [5.74, 6) is 0.527. The molecule has 0 aliphatic heterocycles. The van der Waals surface area contributed by atoms with E-state index in [-0.39, 0.29) is 4.90 Å². The lowest BCUT2D eigenvalue weighted by atomic mass is 10.3. The Hall–Kier alpha value is -1.38. The molecule has 0 amide bonds. The summed E-state index contributed by atoms with van der Waals surface area (Å²) in [6.07, 6.45) is 0. The van der Waals surface area contributed by atoms with Crippen LogP contribution in [0.1, 0.15) is 20.8 Å². The van der Waals surface area contributed by atoms with E-state index in [4.69, 9.17) is 17.0 Å². The average Bonchev–Trinajstić information content (AvgIpc) is 2.48. The van der Waals surface area contributed by atoms with Crippen molar-refractivity contribution in [2.45, 2.75) is 25.7 Å². The molecule has 6 nitrogen and oxygen atoms in total. The third kappa shape index (κ3) is 4.31. The first-order chi connectivity index (χ1) is 10.4. The lowest BCUT2D eigenvalue weighted by Gasteiger charge is -2.20. The first kappa shape index (κ1) is 18.7. The zero-order valence-electron chi connectivity index (χ0n) is 13.3. The Morgan fingerprint density at radius 2 is 1.91 bits per heavy atom. The molecule has 0 aromatic heterocycles. The fraction of sp³-hybridized carbons (Fsp3) is 0.500. The van der Waals surface area contributed by atoms with Gasteiger partial charge in [-0.15, -0.1) is 0 Å². The standard InChI is InChI=1S/C14H23N3O3S2/c1-5-15-14(21)16-12-10-11(8-9-13(12)20-4)22(18,19)17(6-2)7-3/h8-10H,5-7H2,1-4H3,(H2,15,16,21). The van der Waals surface area contributed by atoms with Gasteiger partial charge >= 0.3 is 0 Å². The Morgan fingerprint density at radius 3 is 2.41 bits per heavy atom. The van der Waals surface area contributed by atoms with Crippen molar-refractivity contribution in [3.63, 3.8) is 0 Å². The fourth-order valence-corrected chi connectivity index (χ4v) is 3.72. The maximum absolute atomic E-state index is 12.6. The number of methoxy groups -OCH3 is 1. The highest BCUT2D eigenvalue weighted by molar-refractivity contribution is 7.89. The molecule has 0 spiro atoms. The number of ether oxygens (including phenoxy) is 1. The number of benzene rings is 1. The molecule has 0 aliphatic carbocycles. The van der Waals surface area contributed by atoms with Crippen molar-refractivity contribution in [2.24, 2.45) is 0 Å². The molecule has 8 heteroatoms. The molecule has 0 unspecified atom stereocenters. The highest BCUT2D eigenvalue weighted by Crippen LogP contribution is 2.28. The summed E-state index contributed by atoms with van der Waals surface area (Å²) in [6, 6.07) is 4.69. The normalized spacial score (nSPS) is 11.3. The summed E-state index contributed by atoms with van der Waals surface area (Å²) in [4.78, 5) is 0.207. The summed E-state index contributed by atoms with van der Waals surface area (Å²) < 4.78 is 31.8. The zero-order valence-corrected chi connectivity index (χ0v) is 15.0. The quantitative estimate of drug-likeness (QED) is 0.737. The Morgan fingerprint density at radius 1 is 1.27 bits per heavy atom. The predicted octanol–water partition coefficient (Wildman–Crippen LogP) is 2.03. The van der Waals surface area contributed by atoms with Crippen LogP contribution in [0.15, 0.2) is 23.1 Å². The number of thiocarbonyl (C=S) groups is 1. The molecule has 0 fully saturated rings. The van der Waals surface area contributed by atoms with Gasteiger partial charge in [-0.3, -0.25) is 0 Å². The number of sulfonamides is 1. The third-order valence-corrected chi connectivity index (χ3v) is 5.39. The maximum Gasteiger partial charge on any atom is 0.243 e. The molecule has 0 saturated heterocycles. The van der Waals surface area contributed by atoms with Crippen LogP contribution < -0.4 is 15.4 Å². The van der Waals surface area contributed by atoms with E-state index >= 15 is 0 Å². The molecule has 0 radical (unpaired) electrons. The van der Waals surface area contributed by atoms with Crippen LogP contribution in [0.25, 0.3) is 0 Å². The molecule has 0 aliphatic rings. The molecule has 1 aromatic rings. The van der Waals surface area contributed by atoms with Crippen LogP contribution in [0.4, 0.5) is 5.69 Å². The highest BCUT2D eigenvalue weighted by Gasteiger charge is 2.23. The van der Waals surface area contributed by atoms with Crippen LogP contribution in [0.3, 0.4) is 0 Å². The van der Waals surface area contributed by atoms with Crippen molar-refractivity contribution >= 4 is 33.0 Å². The summed E-state index contributed by atoms with van der Waals surface area (Å²) in [5, 5.41) is 6.33. The van der Waals surface area contributed by atoms with Gasteiger partial charge in [0, 0.05) is 19.6 Å². The van der Waals surface area contributed by atoms with E-state index in [1.54, 1.807) is 6.07 Å². The summed E-state index contributed by atoms with van der Waals surface area (Å²) in [6.45, 7) is 7.05. The third-order valence-electron chi connectivity index (χ3n) is 3.10. The van der Waals surface area contributed by atoms with Gasteiger partial charge in [-0.25, -0.2) is 8.42 Å². The van der Waals surface area contributed by atoms with E-state index in [1.165, 1.54) is 23.5 Å². The molecule has 124 valence electrons. The van der Waals surface area contributed by atoms with Crippen LogP contribution in [-0.2, 0) is 10.0 Å². The van der Waals surface area contributed by atoms with Gasteiger partial charge < -0.3 is 15.4 Å². The van der Waals surface area contributed by atoms with Crippen LogP contribution >= 0.6 is 12.2 Å². The van der Waals surface area contributed by atoms with Gasteiger partial charge in [-0.2, -0.15) is 4.31 Å². The van der Waals surface area contributed by atoms with Crippen molar-refractivity contribution in [1.29, 1.82) is 0 Å². The molecule has 0 heterocycles. The summed E-state index contributed by atoms with van der Waals surface area (Å²) >= 11 is 5.14. The summed E-state index contributed by atoms with van der Waals surface area (Å²) in [7, 11) is -2.00. The maximum atomic E-state index is 12.6. The van der Waals surface area contributed by atoms with E-state index in [0.717, 1.165) is 0 Å². The van der Waals surface area contributed by atoms with E-state index in [9.17, 15) is 8.42 Å². The second-order valence-corrected chi connectivity index (χ2v) is 6.78. The smallest absolute Gasteiger partial charge is 0.243 e. The molecular weight excluding hydrogens is 322 g/mol. The van der Waals surface area contributed by atoms with Gasteiger partial charge in [-0.1, -0.05) is 13.8 Å². The first-order valence-corrected chi connectivity index (χ1v) is 8.98. The van der Waals surface area contributed by atoms with Gasteiger partial charge in [0.25, 0.3) is 0 Å². The number of rotatable bonds is 7. The van der Waals surface area contributed by atoms with Gasteiger partial charge in [-0.05, 0) is 37.3 Å². The summed E-state index contributed by atoms with van der Waals surface area (Å²) in [5.41, 5.74) is 0.515. The van der Waals surface area contributed by atoms with Crippen molar-refractivity contribution in [2.75, 3.05) is 32.1 Å². The second kappa shape index (κ2) is 8.30. The number of nitrogens with one attached hydrogen (secondary N) is 2. The van der Waals surface area contributed by atoms with Gasteiger partial charge in [0.05, 0.1) is 17.7 Å².